The summed E-state index contributed by atoms with van der Waals surface area (Å²) in [4.78, 5) is 41.2. The van der Waals surface area contributed by atoms with Crippen molar-refractivity contribution in [3.63, 3.8) is 0 Å². The second-order valence-electron chi connectivity index (χ2n) is 7.91. The van der Waals surface area contributed by atoms with Gasteiger partial charge in [0.2, 0.25) is 12.3 Å². The van der Waals surface area contributed by atoms with Crippen molar-refractivity contribution in [1.82, 2.24) is 19.6 Å². The first-order valence-electron chi connectivity index (χ1n) is 10.7. The van der Waals surface area contributed by atoms with Crippen molar-refractivity contribution in [2.24, 2.45) is 0 Å². The Kier molecular flexibility index (Phi) is 7.09. The Morgan fingerprint density at radius 3 is 2.58 bits per heavy atom. The smallest absolute Gasteiger partial charge is 0.326 e. The van der Waals surface area contributed by atoms with Crippen molar-refractivity contribution in [2.75, 3.05) is 6.54 Å². The molecule has 3 aromatic rings. The second kappa shape index (κ2) is 10.4. The number of carboxylic acid groups (broad SMARTS) is 1. The molecular formula is C24H24N4O4S. The van der Waals surface area contributed by atoms with Gasteiger partial charge in [0.25, 0.3) is 0 Å². The lowest BCUT2D eigenvalue weighted by atomic mass is 10.0. The SMILES string of the molecule is O=CNC(Cc1nc(C2CCCN2C(=O)Cc2ccc(-c3ccccc3)cc2)ns1)C(=O)O. The number of nitrogens with zero attached hydrogens (tertiary/aromatic N) is 3. The Balaban J connectivity index is 1.41. The van der Waals surface area contributed by atoms with Crippen LogP contribution in [0.15, 0.2) is 54.6 Å². The summed E-state index contributed by atoms with van der Waals surface area (Å²) >= 11 is 1.11. The number of hydrogen-bond acceptors (Lipinski definition) is 6. The van der Waals surface area contributed by atoms with Gasteiger partial charge < -0.3 is 15.3 Å². The maximum Gasteiger partial charge on any atom is 0.326 e. The largest absolute Gasteiger partial charge is 0.480 e. The fourth-order valence-corrected chi connectivity index (χ4v) is 4.75. The van der Waals surface area contributed by atoms with Crippen LogP contribution in [0.1, 0.15) is 35.3 Å². The first-order valence-corrected chi connectivity index (χ1v) is 11.5. The normalized spacial score (nSPS) is 16.4. The summed E-state index contributed by atoms with van der Waals surface area (Å²) in [5.41, 5.74) is 3.18. The Morgan fingerprint density at radius 2 is 1.88 bits per heavy atom. The van der Waals surface area contributed by atoms with Crippen molar-refractivity contribution >= 4 is 29.8 Å². The van der Waals surface area contributed by atoms with Gasteiger partial charge in [-0.15, -0.1) is 0 Å². The fraction of sp³-hybridized carbons (Fsp3) is 0.292. The molecule has 1 fully saturated rings. The van der Waals surface area contributed by atoms with Gasteiger partial charge >= 0.3 is 5.97 Å². The van der Waals surface area contributed by atoms with E-state index in [-0.39, 0.29) is 18.4 Å². The van der Waals surface area contributed by atoms with Gasteiger partial charge in [-0.2, -0.15) is 4.37 Å². The van der Waals surface area contributed by atoms with Gasteiger partial charge in [-0.3, -0.25) is 9.59 Å². The van der Waals surface area contributed by atoms with Gasteiger partial charge in [-0.1, -0.05) is 54.6 Å². The molecule has 1 aromatic heterocycles. The van der Waals surface area contributed by atoms with E-state index < -0.39 is 12.0 Å². The van der Waals surface area contributed by atoms with Crippen LogP contribution in [0, 0.1) is 0 Å². The van der Waals surface area contributed by atoms with Crippen molar-refractivity contribution < 1.29 is 19.5 Å². The highest BCUT2D eigenvalue weighted by molar-refractivity contribution is 7.05. The Labute approximate surface area is 195 Å². The number of carbonyl (C=O) groups excluding carboxylic acids is 2. The molecule has 2 unspecified atom stereocenters. The van der Waals surface area contributed by atoms with Crippen LogP contribution in [0.3, 0.4) is 0 Å². The summed E-state index contributed by atoms with van der Waals surface area (Å²) in [6, 6.07) is 16.8. The maximum atomic E-state index is 13.1. The topological polar surface area (TPSA) is 112 Å². The molecule has 0 aliphatic carbocycles. The summed E-state index contributed by atoms with van der Waals surface area (Å²) in [5.74, 6) is -0.572. The number of rotatable bonds is 9. The molecule has 0 bridgehead atoms. The summed E-state index contributed by atoms with van der Waals surface area (Å²) in [6.45, 7) is 0.643. The lowest BCUT2D eigenvalue weighted by Gasteiger charge is -2.22. The average Bonchev–Trinajstić information content (AvgIpc) is 3.49. The predicted molar refractivity (Wildman–Crippen MR) is 124 cm³/mol. The minimum atomic E-state index is -1.13. The van der Waals surface area contributed by atoms with Crippen LogP contribution in [0.5, 0.6) is 0 Å². The zero-order valence-electron chi connectivity index (χ0n) is 17.9. The number of aromatic nitrogens is 2. The van der Waals surface area contributed by atoms with Gasteiger partial charge in [0.1, 0.15) is 11.0 Å². The van der Waals surface area contributed by atoms with Crippen molar-refractivity contribution in [2.45, 2.75) is 37.8 Å². The molecule has 9 heteroatoms. The third-order valence-corrected chi connectivity index (χ3v) is 6.46. The van der Waals surface area contributed by atoms with Gasteiger partial charge in [0.05, 0.1) is 12.5 Å². The second-order valence-corrected chi connectivity index (χ2v) is 8.75. The van der Waals surface area contributed by atoms with Gasteiger partial charge in [-0.05, 0) is 41.1 Å². The van der Waals surface area contributed by atoms with Crippen LogP contribution in [-0.2, 0) is 27.2 Å². The molecule has 170 valence electrons. The van der Waals surface area contributed by atoms with Crippen LogP contribution < -0.4 is 5.32 Å². The van der Waals surface area contributed by atoms with E-state index in [2.05, 4.69) is 26.8 Å². The quantitative estimate of drug-likeness (QED) is 0.471. The van der Waals surface area contributed by atoms with E-state index >= 15 is 0 Å². The predicted octanol–water partition coefficient (Wildman–Crippen LogP) is 2.85. The van der Waals surface area contributed by atoms with Crippen LogP contribution in [0.2, 0.25) is 0 Å². The van der Waals surface area contributed by atoms with Gasteiger partial charge in [0, 0.05) is 13.0 Å². The van der Waals surface area contributed by atoms with E-state index in [1.165, 1.54) is 0 Å². The van der Waals surface area contributed by atoms with Crippen molar-refractivity contribution in [3.8, 4) is 11.1 Å². The number of likely N-dealkylation sites (tertiary alicyclic amines) is 1. The first-order chi connectivity index (χ1) is 16.0. The summed E-state index contributed by atoms with van der Waals surface area (Å²) in [6.07, 6.45) is 2.35. The number of benzene rings is 2. The maximum absolute atomic E-state index is 13.1. The molecule has 8 nitrogen and oxygen atoms in total. The zero-order chi connectivity index (χ0) is 23.2. The lowest BCUT2D eigenvalue weighted by Crippen LogP contribution is -2.37. The van der Waals surface area contributed by atoms with Crippen LogP contribution >= 0.6 is 11.5 Å². The first kappa shape index (κ1) is 22.6. The van der Waals surface area contributed by atoms with Gasteiger partial charge in [0.15, 0.2) is 5.82 Å². The average molecular weight is 465 g/mol. The summed E-state index contributed by atoms with van der Waals surface area (Å²) in [7, 11) is 0. The number of amides is 2. The highest BCUT2D eigenvalue weighted by Crippen LogP contribution is 2.32. The molecule has 4 rings (SSSR count). The third kappa shape index (κ3) is 5.43. The molecule has 2 heterocycles. The minimum Gasteiger partial charge on any atom is -0.480 e. The Bertz CT molecular complexity index is 1120. The molecule has 2 N–H and O–H groups in total. The van der Waals surface area contributed by atoms with Crippen LogP contribution in [0.4, 0.5) is 0 Å². The number of carboxylic acids is 1. The van der Waals surface area contributed by atoms with Crippen molar-refractivity contribution in [1.29, 1.82) is 0 Å². The van der Waals surface area contributed by atoms with Crippen LogP contribution in [0.25, 0.3) is 11.1 Å². The number of carbonyl (C=O) groups is 3. The van der Waals surface area contributed by atoms with E-state index in [1.54, 1.807) is 0 Å². The Hall–Kier alpha value is -3.59. The number of aliphatic carboxylic acids is 1. The monoisotopic (exact) mass is 464 g/mol. The molecule has 0 radical (unpaired) electrons. The molecule has 1 aliphatic rings. The lowest BCUT2D eigenvalue weighted by molar-refractivity contribution is -0.140. The van der Waals surface area contributed by atoms with E-state index in [4.69, 9.17) is 0 Å². The molecule has 2 aromatic carbocycles. The molecule has 1 aliphatic heterocycles. The Morgan fingerprint density at radius 1 is 1.15 bits per heavy atom. The number of nitrogens with one attached hydrogen (secondary N) is 1. The van der Waals surface area contributed by atoms with E-state index in [0.29, 0.717) is 30.2 Å². The van der Waals surface area contributed by atoms with E-state index in [9.17, 15) is 19.5 Å². The molecular weight excluding hydrogens is 440 g/mol. The molecule has 1 saturated heterocycles. The van der Waals surface area contributed by atoms with E-state index in [0.717, 1.165) is 41.1 Å². The zero-order valence-corrected chi connectivity index (χ0v) is 18.7. The van der Waals surface area contributed by atoms with Gasteiger partial charge in [-0.25, -0.2) is 9.78 Å². The fourth-order valence-electron chi connectivity index (χ4n) is 4.02. The highest BCUT2D eigenvalue weighted by Gasteiger charge is 2.33. The summed E-state index contributed by atoms with van der Waals surface area (Å²) < 4.78 is 4.38. The molecule has 0 spiro atoms. The molecule has 2 amide bonds. The number of hydrogen-bond donors (Lipinski definition) is 2. The highest BCUT2D eigenvalue weighted by atomic mass is 32.1. The molecule has 33 heavy (non-hydrogen) atoms. The molecule has 2 atom stereocenters. The van der Waals surface area contributed by atoms with Crippen LogP contribution in [-0.4, -0.2) is 50.2 Å². The standard InChI is InChI=1S/C24H24N4O4S/c29-15-25-19(24(31)32)14-21-26-23(27-33-21)20-7-4-12-28(20)22(30)13-16-8-10-18(11-9-16)17-5-2-1-3-6-17/h1-3,5-6,8-11,15,19-20H,4,7,12-14H2,(H,25,29)(H,31,32). The third-order valence-electron chi connectivity index (χ3n) is 5.72. The molecule has 0 saturated carbocycles. The minimum absolute atomic E-state index is 0.0207. The van der Waals surface area contributed by atoms with Crippen molar-refractivity contribution in [3.05, 3.63) is 71.0 Å². The summed E-state index contributed by atoms with van der Waals surface area (Å²) in [5, 5.41) is 12.0. The van der Waals surface area contributed by atoms with E-state index in [1.807, 2.05) is 47.4 Å².